The number of hydrogen-bond donors (Lipinski definition) is 2. The van der Waals surface area contributed by atoms with Gasteiger partial charge in [-0.15, -0.1) is 0 Å². The third-order valence-corrected chi connectivity index (χ3v) is 3.30. The van der Waals surface area contributed by atoms with Crippen LogP contribution in [0, 0.1) is 0 Å². The Morgan fingerprint density at radius 1 is 1.20 bits per heavy atom. The zero-order valence-corrected chi connectivity index (χ0v) is 11.1. The number of carboxylic acids is 1. The molecule has 0 unspecified atom stereocenters. The van der Waals surface area contributed by atoms with Gasteiger partial charge in [-0.25, -0.2) is 9.79 Å². The molecular weight excluding hydrogens is 276 g/mol. The van der Waals surface area contributed by atoms with Crippen molar-refractivity contribution in [3.05, 3.63) is 64.7 Å². The van der Waals surface area contributed by atoms with Gasteiger partial charge in [-0.3, -0.25) is 0 Å². The van der Waals surface area contributed by atoms with Gasteiger partial charge in [-0.2, -0.15) is 0 Å². The second-order valence-corrected chi connectivity index (χ2v) is 4.86. The third kappa shape index (κ3) is 2.26. The van der Waals surface area contributed by atoms with Gasteiger partial charge < -0.3 is 10.4 Å². The molecule has 2 N–H and O–H groups in total. The highest BCUT2D eigenvalue weighted by atomic mass is 35.5. The number of nitrogens with one attached hydrogen (secondary N) is 1. The molecule has 0 fully saturated rings. The van der Waals surface area contributed by atoms with Crippen molar-refractivity contribution in [1.82, 2.24) is 0 Å². The number of benzene rings is 2. The summed E-state index contributed by atoms with van der Waals surface area (Å²) < 4.78 is 0. The Morgan fingerprint density at radius 2 is 1.95 bits per heavy atom. The Labute approximate surface area is 120 Å². The number of rotatable bonds is 2. The summed E-state index contributed by atoms with van der Waals surface area (Å²) in [5, 5.41) is 12.7. The average molecular weight is 287 g/mol. The van der Waals surface area contributed by atoms with Gasteiger partial charge in [0, 0.05) is 21.8 Å². The Morgan fingerprint density at radius 3 is 2.65 bits per heavy atom. The number of fused-ring (bicyclic) bond motifs is 1. The van der Waals surface area contributed by atoms with Crippen LogP contribution in [0.3, 0.4) is 0 Å². The lowest BCUT2D eigenvalue weighted by molar-refractivity contribution is -0.137. The second kappa shape index (κ2) is 4.98. The predicted molar refractivity (Wildman–Crippen MR) is 78.6 cm³/mol. The van der Waals surface area contributed by atoms with Crippen LogP contribution in [0.5, 0.6) is 0 Å². The topological polar surface area (TPSA) is 61.7 Å². The minimum absolute atomic E-state index is 0.586. The number of nitrogens with zero attached hydrogens (tertiary/aromatic N) is 1. The minimum atomic E-state index is -1.01. The average Bonchev–Trinajstić information content (AvgIpc) is 2.47. The van der Waals surface area contributed by atoms with Crippen LogP contribution in [0.25, 0.3) is 0 Å². The van der Waals surface area contributed by atoms with Crippen molar-refractivity contribution in [2.45, 2.75) is 6.17 Å². The molecule has 0 bridgehead atoms. The molecule has 1 atom stereocenters. The Balaban J connectivity index is 2.18. The van der Waals surface area contributed by atoms with Gasteiger partial charge in [0.25, 0.3) is 0 Å². The molecule has 0 spiro atoms. The maximum atomic E-state index is 11.2. The second-order valence-electron chi connectivity index (χ2n) is 4.42. The molecule has 1 aliphatic heterocycles. The van der Waals surface area contributed by atoms with Crippen LogP contribution in [0.1, 0.15) is 11.1 Å². The zero-order chi connectivity index (χ0) is 14.1. The first-order valence-electron chi connectivity index (χ1n) is 6.07. The molecular formula is C15H11ClN2O2. The number of carboxylic acid groups (broad SMARTS) is 1. The summed E-state index contributed by atoms with van der Waals surface area (Å²) in [6, 6.07) is 14.7. The lowest BCUT2D eigenvalue weighted by atomic mass is 9.98. The van der Waals surface area contributed by atoms with Crippen molar-refractivity contribution < 1.29 is 9.90 Å². The SMILES string of the molecule is O=C(O)[C@@H]1N=C(c2ccccc2)c2cc(Cl)ccc2N1. The van der Waals surface area contributed by atoms with Crippen LogP contribution in [-0.4, -0.2) is 23.0 Å². The van der Waals surface area contributed by atoms with Crippen LogP contribution in [0.15, 0.2) is 53.5 Å². The maximum absolute atomic E-state index is 11.2. The first kappa shape index (κ1) is 12.7. The standard InChI is InChI=1S/C15H11ClN2O2/c16-10-6-7-12-11(8-10)13(9-4-2-1-3-5-9)18-14(17-12)15(19)20/h1-8,14,17H,(H,19,20)/t14-/m0/s1. The Bertz CT molecular complexity index is 698. The first-order valence-corrected chi connectivity index (χ1v) is 6.45. The Kier molecular flexibility index (Phi) is 3.16. The molecule has 0 aromatic heterocycles. The first-order chi connectivity index (χ1) is 9.65. The monoisotopic (exact) mass is 286 g/mol. The van der Waals surface area contributed by atoms with Gasteiger partial charge >= 0.3 is 5.97 Å². The zero-order valence-electron chi connectivity index (χ0n) is 10.4. The van der Waals surface area contributed by atoms with Gasteiger partial charge in [0.15, 0.2) is 0 Å². The van der Waals surface area contributed by atoms with Crippen molar-refractivity contribution in [2.24, 2.45) is 4.99 Å². The van der Waals surface area contributed by atoms with E-state index in [2.05, 4.69) is 10.3 Å². The molecule has 0 radical (unpaired) electrons. The van der Waals surface area contributed by atoms with Crippen LogP contribution >= 0.6 is 11.6 Å². The molecule has 1 heterocycles. The van der Waals surface area contributed by atoms with E-state index in [1.807, 2.05) is 30.3 Å². The normalized spacial score (nSPS) is 16.9. The number of hydrogen-bond acceptors (Lipinski definition) is 3. The summed E-state index contributed by atoms with van der Waals surface area (Å²) >= 11 is 6.03. The van der Waals surface area contributed by atoms with Crippen molar-refractivity contribution in [3.63, 3.8) is 0 Å². The summed E-state index contributed by atoms with van der Waals surface area (Å²) in [4.78, 5) is 15.5. The molecule has 0 saturated heterocycles. The van der Waals surface area contributed by atoms with Gasteiger partial charge in [0.1, 0.15) is 0 Å². The number of aliphatic imine (C=N–C) groups is 1. The molecule has 20 heavy (non-hydrogen) atoms. The minimum Gasteiger partial charge on any atom is -0.478 e. The summed E-state index contributed by atoms with van der Waals surface area (Å²) in [5.74, 6) is -1.01. The molecule has 1 aliphatic rings. The quantitative estimate of drug-likeness (QED) is 0.892. The van der Waals surface area contributed by atoms with Crippen LogP contribution in [-0.2, 0) is 4.79 Å². The molecule has 5 heteroatoms. The summed E-state index contributed by atoms with van der Waals surface area (Å²) in [6.07, 6.45) is -0.987. The molecule has 0 amide bonds. The molecule has 4 nitrogen and oxygen atoms in total. The predicted octanol–water partition coefficient (Wildman–Crippen LogP) is 3.01. The van der Waals surface area contributed by atoms with E-state index in [1.54, 1.807) is 18.2 Å². The maximum Gasteiger partial charge on any atom is 0.349 e. The highest BCUT2D eigenvalue weighted by Gasteiger charge is 2.25. The Hall–Kier alpha value is -2.33. The summed E-state index contributed by atoms with van der Waals surface area (Å²) in [5.41, 5.74) is 3.02. The van der Waals surface area contributed by atoms with Crippen LogP contribution in [0.2, 0.25) is 5.02 Å². The highest BCUT2D eigenvalue weighted by Crippen LogP contribution is 2.28. The van der Waals surface area contributed by atoms with E-state index >= 15 is 0 Å². The van der Waals surface area contributed by atoms with E-state index in [1.165, 1.54) is 0 Å². The van der Waals surface area contributed by atoms with Crippen LogP contribution in [0.4, 0.5) is 5.69 Å². The van der Waals surface area contributed by atoms with E-state index in [0.717, 1.165) is 16.8 Å². The van der Waals surface area contributed by atoms with E-state index in [9.17, 15) is 9.90 Å². The number of carbonyl (C=O) groups is 1. The lowest BCUT2D eigenvalue weighted by Crippen LogP contribution is -2.33. The van der Waals surface area contributed by atoms with Gasteiger partial charge in [-0.05, 0) is 18.2 Å². The van der Waals surface area contributed by atoms with Gasteiger partial charge in [0.2, 0.25) is 6.17 Å². The fourth-order valence-corrected chi connectivity index (χ4v) is 2.33. The molecule has 0 aliphatic carbocycles. The lowest BCUT2D eigenvalue weighted by Gasteiger charge is -2.23. The van der Waals surface area contributed by atoms with Crippen molar-refractivity contribution in [1.29, 1.82) is 0 Å². The van der Waals surface area contributed by atoms with Gasteiger partial charge in [-0.1, -0.05) is 41.9 Å². The molecule has 0 saturated carbocycles. The van der Waals surface area contributed by atoms with Crippen molar-refractivity contribution in [3.8, 4) is 0 Å². The van der Waals surface area contributed by atoms with Crippen molar-refractivity contribution in [2.75, 3.05) is 5.32 Å². The number of halogens is 1. The van der Waals surface area contributed by atoms with E-state index in [0.29, 0.717) is 10.7 Å². The fourth-order valence-electron chi connectivity index (χ4n) is 2.16. The fraction of sp³-hybridized carbons (Fsp3) is 0.0667. The molecule has 3 rings (SSSR count). The highest BCUT2D eigenvalue weighted by molar-refractivity contribution is 6.31. The molecule has 2 aromatic carbocycles. The molecule has 2 aromatic rings. The van der Waals surface area contributed by atoms with Crippen molar-refractivity contribution >= 4 is 29.0 Å². The van der Waals surface area contributed by atoms with E-state index < -0.39 is 12.1 Å². The van der Waals surface area contributed by atoms with E-state index in [4.69, 9.17) is 11.6 Å². The largest absolute Gasteiger partial charge is 0.478 e. The van der Waals surface area contributed by atoms with E-state index in [-0.39, 0.29) is 0 Å². The molecule has 100 valence electrons. The third-order valence-electron chi connectivity index (χ3n) is 3.07. The van der Waals surface area contributed by atoms with Crippen LogP contribution < -0.4 is 5.32 Å². The number of aliphatic carboxylic acids is 1. The number of anilines is 1. The van der Waals surface area contributed by atoms with Gasteiger partial charge in [0.05, 0.1) is 5.71 Å². The summed E-state index contributed by atoms with van der Waals surface area (Å²) in [6.45, 7) is 0. The summed E-state index contributed by atoms with van der Waals surface area (Å²) in [7, 11) is 0. The smallest absolute Gasteiger partial charge is 0.349 e.